The molecule has 0 bridgehead atoms. The maximum absolute atomic E-state index is 9.85. The zero-order valence-corrected chi connectivity index (χ0v) is 11.6. The minimum absolute atomic E-state index is 0.0577. The second-order valence-corrected chi connectivity index (χ2v) is 6.53. The molecule has 0 heterocycles. The van der Waals surface area contributed by atoms with E-state index in [0.29, 0.717) is 12.0 Å². The Bertz CT molecular complexity index is 249. The molecule has 17 heavy (non-hydrogen) atoms. The zero-order valence-electron chi connectivity index (χ0n) is 11.6. The predicted octanol–water partition coefficient (Wildman–Crippen LogP) is 1.47. The number of aliphatic hydroxyl groups is 1. The highest BCUT2D eigenvalue weighted by atomic mass is 16.3. The predicted molar refractivity (Wildman–Crippen MR) is 71.0 cm³/mol. The van der Waals surface area contributed by atoms with Crippen LogP contribution in [0.5, 0.6) is 0 Å². The lowest BCUT2D eigenvalue weighted by Gasteiger charge is -2.39. The highest BCUT2D eigenvalue weighted by molar-refractivity contribution is 5.03. The van der Waals surface area contributed by atoms with Gasteiger partial charge in [-0.1, -0.05) is 13.8 Å². The summed E-state index contributed by atoms with van der Waals surface area (Å²) in [6, 6.07) is 0.442. The van der Waals surface area contributed by atoms with E-state index in [1.54, 1.807) is 0 Å². The summed E-state index contributed by atoms with van der Waals surface area (Å²) in [6.07, 6.45) is 5.35. The Morgan fingerprint density at radius 1 is 1.29 bits per heavy atom. The Hall–Kier alpha value is -0.120. The number of hydrogen-bond acceptors (Lipinski definition) is 3. The molecule has 0 amide bonds. The molecule has 100 valence electrons. The molecule has 0 aromatic carbocycles. The van der Waals surface area contributed by atoms with Crippen molar-refractivity contribution in [2.45, 2.75) is 51.1 Å². The highest BCUT2D eigenvalue weighted by Crippen LogP contribution is 2.40. The van der Waals surface area contributed by atoms with Crippen LogP contribution in [0.4, 0.5) is 0 Å². The largest absolute Gasteiger partial charge is 0.394 e. The van der Waals surface area contributed by atoms with Crippen LogP contribution in [0.2, 0.25) is 0 Å². The average Bonchev–Trinajstić information content (AvgIpc) is 3.08. The third-order valence-corrected chi connectivity index (χ3v) is 4.04. The third kappa shape index (κ3) is 3.67. The van der Waals surface area contributed by atoms with Gasteiger partial charge in [0.15, 0.2) is 0 Å². The van der Waals surface area contributed by atoms with Gasteiger partial charge in [-0.3, -0.25) is 0 Å². The van der Waals surface area contributed by atoms with Gasteiger partial charge in [-0.05, 0) is 44.6 Å². The lowest BCUT2D eigenvalue weighted by molar-refractivity contribution is 0.0917. The van der Waals surface area contributed by atoms with Crippen LogP contribution in [0, 0.1) is 11.8 Å². The van der Waals surface area contributed by atoms with Gasteiger partial charge in [0.05, 0.1) is 12.1 Å². The van der Waals surface area contributed by atoms with Crippen molar-refractivity contribution in [3.05, 3.63) is 0 Å². The average molecular weight is 240 g/mol. The first kappa shape index (κ1) is 13.3. The normalized spacial score (nSPS) is 24.4. The molecule has 0 aliphatic heterocycles. The van der Waals surface area contributed by atoms with Crippen LogP contribution >= 0.6 is 0 Å². The minimum Gasteiger partial charge on any atom is -0.394 e. The Balaban J connectivity index is 1.92. The van der Waals surface area contributed by atoms with Gasteiger partial charge in [0.1, 0.15) is 0 Å². The lowest BCUT2D eigenvalue weighted by atomic mass is 9.92. The van der Waals surface area contributed by atoms with Crippen LogP contribution < -0.4 is 5.32 Å². The van der Waals surface area contributed by atoms with Gasteiger partial charge in [-0.15, -0.1) is 0 Å². The van der Waals surface area contributed by atoms with E-state index in [-0.39, 0.29) is 12.1 Å². The fourth-order valence-electron chi connectivity index (χ4n) is 3.02. The number of nitrogens with one attached hydrogen (secondary N) is 1. The number of likely N-dealkylation sites (N-methyl/N-ethyl adjacent to an activating group) is 1. The van der Waals surface area contributed by atoms with E-state index in [2.05, 4.69) is 31.1 Å². The van der Waals surface area contributed by atoms with Gasteiger partial charge in [-0.25, -0.2) is 0 Å². The van der Waals surface area contributed by atoms with Crippen molar-refractivity contribution in [3.8, 4) is 0 Å². The SMILES string of the molecule is CC(C)NC(CO)(CN(C)CC1CC1)C1CC1. The molecule has 0 spiro atoms. The van der Waals surface area contributed by atoms with Gasteiger partial charge in [-0.2, -0.15) is 0 Å². The number of rotatable bonds is 8. The lowest BCUT2D eigenvalue weighted by Crippen LogP contribution is -2.59. The maximum atomic E-state index is 9.85. The van der Waals surface area contributed by atoms with Crippen LogP contribution in [-0.2, 0) is 0 Å². The van der Waals surface area contributed by atoms with Gasteiger partial charge >= 0.3 is 0 Å². The van der Waals surface area contributed by atoms with Crippen molar-refractivity contribution in [1.82, 2.24) is 10.2 Å². The molecule has 0 aromatic rings. The molecule has 1 unspecified atom stereocenters. The molecule has 0 aromatic heterocycles. The van der Waals surface area contributed by atoms with Gasteiger partial charge in [0, 0.05) is 19.1 Å². The number of hydrogen-bond donors (Lipinski definition) is 2. The van der Waals surface area contributed by atoms with Crippen LogP contribution in [0.25, 0.3) is 0 Å². The topological polar surface area (TPSA) is 35.5 Å². The fraction of sp³-hybridized carbons (Fsp3) is 1.00. The van der Waals surface area contributed by atoms with E-state index in [0.717, 1.165) is 12.5 Å². The van der Waals surface area contributed by atoms with Crippen LogP contribution in [0.3, 0.4) is 0 Å². The summed E-state index contributed by atoms with van der Waals surface area (Å²) in [5.74, 6) is 1.60. The van der Waals surface area contributed by atoms with E-state index in [1.165, 1.54) is 32.2 Å². The summed E-state index contributed by atoms with van der Waals surface area (Å²) in [7, 11) is 2.20. The second-order valence-electron chi connectivity index (χ2n) is 6.53. The Labute approximate surface area is 106 Å². The minimum atomic E-state index is -0.0577. The summed E-state index contributed by atoms with van der Waals surface area (Å²) in [5, 5.41) is 13.5. The molecule has 2 N–H and O–H groups in total. The standard InChI is InChI=1S/C14H28N2O/c1-11(2)15-14(10-17,13-6-7-13)9-16(3)8-12-4-5-12/h11-13,15,17H,4-10H2,1-3H3. The van der Waals surface area contributed by atoms with Crippen molar-refractivity contribution in [1.29, 1.82) is 0 Å². The molecular weight excluding hydrogens is 212 g/mol. The smallest absolute Gasteiger partial charge is 0.0628 e. The third-order valence-electron chi connectivity index (χ3n) is 4.04. The summed E-state index contributed by atoms with van der Waals surface area (Å²) in [5.41, 5.74) is -0.0577. The molecule has 2 aliphatic carbocycles. The molecule has 2 rings (SSSR count). The van der Waals surface area contributed by atoms with E-state index < -0.39 is 0 Å². The maximum Gasteiger partial charge on any atom is 0.0628 e. The molecule has 1 atom stereocenters. The summed E-state index contributed by atoms with van der Waals surface area (Å²) < 4.78 is 0. The number of aliphatic hydroxyl groups excluding tert-OH is 1. The molecule has 2 aliphatic rings. The van der Waals surface area contributed by atoms with Crippen molar-refractivity contribution in [2.75, 3.05) is 26.7 Å². The Kier molecular flexibility index (Phi) is 4.11. The quantitative estimate of drug-likeness (QED) is 0.674. The molecule has 3 heteroatoms. The summed E-state index contributed by atoms with van der Waals surface area (Å²) in [6.45, 7) is 6.81. The van der Waals surface area contributed by atoms with Crippen molar-refractivity contribution >= 4 is 0 Å². The molecule has 0 radical (unpaired) electrons. The van der Waals surface area contributed by atoms with Crippen LogP contribution in [0.15, 0.2) is 0 Å². The zero-order chi connectivity index (χ0) is 12.5. The fourth-order valence-corrected chi connectivity index (χ4v) is 3.02. The van der Waals surface area contributed by atoms with E-state index >= 15 is 0 Å². The molecule has 2 saturated carbocycles. The van der Waals surface area contributed by atoms with E-state index in [4.69, 9.17) is 0 Å². The Morgan fingerprint density at radius 2 is 1.94 bits per heavy atom. The van der Waals surface area contributed by atoms with Crippen molar-refractivity contribution < 1.29 is 5.11 Å². The first-order chi connectivity index (χ1) is 8.05. The monoisotopic (exact) mass is 240 g/mol. The van der Waals surface area contributed by atoms with Crippen molar-refractivity contribution in [3.63, 3.8) is 0 Å². The van der Waals surface area contributed by atoms with Gasteiger partial charge < -0.3 is 15.3 Å². The number of nitrogens with zero attached hydrogens (tertiary/aromatic N) is 1. The molecule has 3 nitrogen and oxygen atoms in total. The van der Waals surface area contributed by atoms with Crippen molar-refractivity contribution in [2.24, 2.45) is 11.8 Å². The van der Waals surface area contributed by atoms with Gasteiger partial charge in [0.2, 0.25) is 0 Å². The van der Waals surface area contributed by atoms with Crippen LogP contribution in [0.1, 0.15) is 39.5 Å². The van der Waals surface area contributed by atoms with E-state index in [9.17, 15) is 5.11 Å². The first-order valence-electron chi connectivity index (χ1n) is 7.13. The highest BCUT2D eigenvalue weighted by Gasteiger charge is 2.45. The molecule has 0 saturated heterocycles. The van der Waals surface area contributed by atoms with E-state index in [1.807, 2.05) is 0 Å². The van der Waals surface area contributed by atoms with Crippen LogP contribution in [-0.4, -0.2) is 48.3 Å². The Morgan fingerprint density at radius 3 is 2.35 bits per heavy atom. The second kappa shape index (κ2) is 5.25. The first-order valence-corrected chi connectivity index (χ1v) is 7.13. The van der Waals surface area contributed by atoms with Gasteiger partial charge in [0.25, 0.3) is 0 Å². The molecular formula is C14H28N2O. The summed E-state index contributed by atoms with van der Waals surface area (Å²) >= 11 is 0. The summed E-state index contributed by atoms with van der Waals surface area (Å²) in [4.78, 5) is 2.42. The molecule has 2 fully saturated rings.